The summed E-state index contributed by atoms with van der Waals surface area (Å²) in [5.74, 6) is -0.379. The van der Waals surface area contributed by atoms with Crippen LogP contribution in [-0.2, 0) is 16.0 Å². The fraction of sp³-hybridized carbons (Fsp3) is 0.286. The van der Waals surface area contributed by atoms with Crippen LogP contribution in [-0.4, -0.2) is 27.3 Å². The molecule has 3 rings (SSSR count). The molecule has 2 heterocycles. The van der Waals surface area contributed by atoms with E-state index in [1.165, 1.54) is 23.1 Å². The number of hydrogen-bond acceptors (Lipinski definition) is 6. The van der Waals surface area contributed by atoms with Gasteiger partial charge in [0.05, 0.1) is 10.9 Å². The first-order valence-corrected chi connectivity index (χ1v) is 8.54. The lowest BCUT2D eigenvalue weighted by atomic mass is 10.2. The van der Waals surface area contributed by atoms with Crippen molar-refractivity contribution in [1.29, 1.82) is 0 Å². The second-order valence-corrected chi connectivity index (χ2v) is 7.01. The second kappa shape index (κ2) is 6.45. The summed E-state index contributed by atoms with van der Waals surface area (Å²) < 4.78 is 0. The fourth-order valence-electron chi connectivity index (χ4n) is 2.01. The van der Waals surface area contributed by atoms with Gasteiger partial charge in [0.15, 0.2) is 0 Å². The van der Waals surface area contributed by atoms with Gasteiger partial charge in [-0.25, -0.2) is 0 Å². The third-order valence-corrected chi connectivity index (χ3v) is 5.35. The molecule has 0 aliphatic carbocycles. The van der Waals surface area contributed by atoms with Crippen molar-refractivity contribution in [2.24, 2.45) is 0 Å². The number of para-hydroxylation sites is 1. The van der Waals surface area contributed by atoms with E-state index < -0.39 is 5.25 Å². The Labute approximate surface area is 135 Å². The van der Waals surface area contributed by atoms with E-state index in [0.29, 0.717) is 5.13 Å². The molecule has 0 saturated heterocycles. The van der Waals surface area contributed by atoms with Gasteiger partial charge in [0.25, 0.3) is 0 Å². The van der Waals surface area contributed by atoms with E-state index in [4.69, 9.17) is 0 Å². The minimum Gasteiger partial charge on any atom is -0.324 e. The molecule has 0 fully saturated rings. The van der Waals surface area contributed by atoms with E-state index in [-0.39, 0.29) is 18.2 Å². The van der Waals surface area contributed by atoms with E-state index >= 15 is 0 Å². The standard InChI is InChI=1S/C14H14N4O2S2/c1-2-12-17-18-14(22-12)16-11(19)7-10-13(20)15-8-5-3-4-6-9(8)21-10/h3-6,10H,2,7H2,1H3,(H,15,20)(H,16,18,19). The molecule has 1 aliphatic heterocycles. The molecule has 8 heteroatoms. The second-order valence-electron chi connectivity index (χ2n) is 4.70. The topological polar surface area (TPSA) is 84.0 Å². The number of fused-ring (bicyclic) bond motifs is 1. The normalized spacial score (nSPS) is 16.8. The van der Waals surface area contributed by atoms with Crippen molar-refractivity contribution in [2.45, 2.75) is 29.9 Å². The third-order valence-electron chi connectivity index (χ3n) is 3.09. The molecule has 114 valence electrons. The average molecular weight is 334 g/mol. The summed E-state index contributed by atoms with van der Waals surface area (Å²) in [5.41, 5.74) is 0.797. The molecule has 1 aromatic carbocycles. The first-order chi connectivity index (χ1) is 10.7. The zero-order valence-electron chi connectivity index (χ0n) is 11.8. The fourth-order valence-corrected chi connectivity index (χ4v) is 3.82. The first kappa shape index (κ1) is 15.0. The maximum atomic E-state index is 12.1. The molecular weight excluding hydrogens is 320 g/mol. The van der Waals surface area contributed by atoms with E-state index in [1.807, 2.05) is 31.2 Å². The molecule has 2 N–H and O–H groups in total. The number of aryl methyl sites for hydroxylation is 1. The molecule has 1 unspecified atom stereocenters. The smallest absolute Gasteiger partial charge is 0.238 e. The minimum absolute atomic E-state index is 0.103. The van der Waals surface area contributed by atoms with Crippen molar-refractivity contribution < 1.29 is 9.59 Å². The van der Waals surface area contributed by atoms with Gasteiger partial charge in [-0.05, 0) is 18.6 Å². The largest absolute Gasteiger partial charge is 0.324 e. The van der Waals surface area contributed by atoms with Gasteiger partial charge in [0.1, 0.15) is 5.01 Å². The molecule has 6 nitrogen and oxygen atoms in total. The average Bonchev–Trinajstić information content (AvgIpc) is 2.95. The number of hydrogen-bond donors (Lipinski definition) is 2. The summed E-state index contributed by atoms with van der Waals surface area (Å²) >= 11 is 2.76. The summed E-state index contributed by atoms with van der Waals surface area (Å²) in [6.45, 7) is 1.98. The highest BCUT2D eigenvalue weighted by Crippen LogP contribution is 2.36. The molecular formula is C14H14N4O2S2. The van der Waals surface area contributed by atoms with Crippen LogP contribution in [0.15, 0.2) is 29.2 Å². The number of benzene rings is 1. The summed E-state index contributed by atoms with van der Waals surface area (Å²) in [6.07, 6.45) is 0.886. The summed E-state index contributed by atoms with van der Waals surface area (Å²) in [5, 5.41) is 14.3. The lowest BCUT2D eigenvalue weighted by Crippen LogP contribution is -2.32. The van der Waals surface area contributed by atoms with Gasteiger partial charge in [-0.1, -0.05) is 30.4 Å². The molecule has 0 radical (unpaired) electrons. The number of nitrogens with one attached hydrogen (secondary N) is 2. The predicted molar refractivity (Wildman–Crippen MR) is 87.3 cm³/mol. The lowest BCUT2D eigenvalue weighted by Gasteiger charge is -2.23. The van der Waals surface area contributed by atoms with Gasteiger partial charge in [-0.2, -0.15) is 0 Å². The highest BCUT2D eigenvalue weighted by Gasteiger charge is 2.29. The van der Waals surface area contributed by atoms with Gasteiger partial charge in [0, 0.05) is 11.3 Å². The van der Waals surface area contributed by atoms with Crippen molar-refractivity contribution in [3.8, 4) is 0 Å². The van der Waals surface area contributed by atoms with Crippen LogP contribution in [0.5, 0.6) is 0 Å². The molecule has 1 atom stereocenters. The Kier molecular flexibility index (Phi) is 4.39. The molecule has 2 amide bonds. The Morgan fingerprint density at radius 3 is 2.95 bits per heavy atom. The van der Waals surface area contributed by atoms with Crippen LogP contribution in [0.2, 0.25) is 0 Å². The zero-order valence-corrected chi connectivity index (χ0v) is 13.5. The van der Waals surface area contributed by atoms with E-state index in [9.17, 15) is 9.59 Å². The SMILES string of the molecule is CCc1nnc(NC(=O)CC2Sc3ccccc3NC2=O)s1. The highest BCUT2D eigenvalue weighted by atomic mass is 32.2. The number of aromatic nitrogens is 2. The van der Waals surface area contributed by atoms with Gasteiger partial charge in [-0.15, -0.1) is 22.0 Å². The van der Waals surface area contributed by atoms with Crippen LogP contribution in [0.25, 0.3) is 0 Å². The Balaban J connectivity index is 1.63. The Morgan fingerprint density at radius 1 is 1.36 bits per heavy atom. The summed E-state index contributed by atoms with van der Waals surface area (Å²) in [6, 6.07) is 7.56. The third kappa shape index (κ3) is 3.28. The quantitative estimate of drug-likeness (QED) is 0.898. The Bertz CT molecular complexity index is 716. The van der Waals surface area contributed by atoms with Crippen LogP contribution in [0, 0.1) is 0 Å². The van der Waals surface area contributed by atoms with E-state index in [1.54, 1.807) is 0 Å². The van der Waals surface area contributed by atoms with Crippen LogP contribution >= 0.6 is 23.1 Å². The zero-order chi connectivity index (χ0) is 15.5. The maximum Gasteiger partial charge on any atom is 0.238 e. The van der Waals surface area contributed by atoms with Crippen molar-refractivity contribution in [2.75, 3.05) is 10.6 Å². The van der Waals surface area contributed by atoms with E-state index in [2.05, 4.69) is 20.8 Å². The van der Waals surface area contributed by atoms with Crippen molar-refractivity contribution in [3.05, 3.63) is 29.3 Å². The van der Waals surface area contributed by atoms with Crippen LogP contribution in [0.4, 0.5) is 10.8 Å². The van der Waals surface area contributed by atoms with Gasteiger partial charge < -0.3 is 10.6 Å². The van der Waals surface area contributed by atoms with Crippen LogP contribution in [0.1, 0.15) is 18.4 Å². The van der Waals surface area contributed by atoms with Crippen LogP contribution < -0.4 is 10.6 Å². The number of carbonyl (C=O) groups is 2. The number of nitrogens with zero attached hydrogens (tertiary/aromatic N) is 2. The van der Waals surface area contributed by atoms with Crippen LogP contribution in [0.3, 0.4) is 0 Å². The van der Waals surface area contributed by atoms with Gasteiger partial charge in [0.2, 0.25) is 16.9 Å². The van der Waals surface area contributed by atoms with Crippen molar-refractivity contribution >= 4 is 45.7 Å². The van der Waals surface area contributed by atoms with Gasteiger partial charge >= 0.3 is 0 Å². The highest BCUT2D eigenvalue weighted by molar-refractivity contribution is 8.01. The molecule has 1 aromatic heterocycles. The van der Waals surface area contributed by atoms with E-state index in [0.717, 1.165) is 22.0 Å². The first-order valence-electron chi connectivity index (χ1n) is 6.84. The monoisotopic (exact) mass is 334 g/mol. The summed E-state index contributed by atoms with van der Waals surface area (Å²) in [7, 11) is 0. The van der Waals surface area contributed by atoms with Crippen molar-refractivity contribution in [3.63, 3.8) is 0 Å². The Morgan fingerprint density at radius 2 is 2.18 bits per heavy atom. The molecule has 1 aliphatic rings. The van der Waals surface area contributed by atoms with Crippen molar-refractivity contribution in [1.82, 2.24) is 10.2 Å². The number of thioether (sulfide) groups is 1. The maximum absolute atomic E-state index is 12.1. The number of carbonyl (C=O) groups excluding carboxylic acids is 2. The molecule has 22 heavy (non-hydrogen) atoms. The molecule has 2 aromatic rings. The predicted octanol–water partition coefficient (Wildman–Crippen LogP) is 2.54. The Hall–Kier alpha value is -1.93. The minimum atomic E-state index is -0.437. The molecule has 0 saturated carbocycles. The van der Waals surface area contributed by atoms with Gasteiger partial charge in [-0.3, -0.25) is 9.59 Å². The number of anilines is 2. The summed E-state index contributed by atoms with van der Waals surface area (Å²) in [4.78, 5) is 25.1. The number of rotatable bonds is 4. The number of amides is 2. The lowest BCUT2D eigenvalue weighted by molar-refractivity contribution is -0.120. The molecule has 0 bridgehead atoms. The molecule has 0 spiro atoms.